The van der Waals surface area contributed by atoms with Gasteiger partial charge in [0.2, 0.25) is 0 Å². The molecule has 1 aromatic carbocycles. The fourth-order valence-electron chi connectivity index (χ4n) is 3.54. The molecule has 2 aromatic heterocycles. The Balaban J connectivity index is 2.10. The zero-order valence-electron chi connectivity index (χ0n) is 15.8. The second-order valence-corrected chi connectivity index (χ2v) is 6.80. The Hall–Kier alpha value is -2.35. The Labute approximate surface area is 151 Å². The van der Waals surface area contributed by atoms with Crippen LogP contribution in [-0.4, -0.2) is 9.55 Å². The molecule has 3 aromatic rings. The fraction of sp³-hybridized carbons (Fsp3) is 0.348. The lowest BCUT2D eigenvalue weighted by atomic mass is 10.0. The Kier molecular flexibility index (Phi) is 5.37. The number of fused-ring (bicyclic) bond motifs is 1. The number of hydrogen-bond donors (Lipinski definition) is 0. The number of hydrogen-bond acceptors (Lipinski definition) is 1. The standard InChI is InChI=1S/C23H28N2/c1-5-7-8-10-20-21-14-13-18(19-12-11-17(3)24-16-19)15-23(21)25(4)22(20)9-6-2/h6,9,11-16H,5,7-8,10H2,1-4H3/b9-6-. The number of nitrogens with zero attached hydrogens (tertiary/aromatic N) is 2. The summed E-state index contributed by atoms with van der Waals surface area (Å²) in [4.78, 5) is 4.44. The third kappa shape index (κ3) is 3.53. The molecule has 25 heavy (non-hydrogen) atoms. The van der Waals surface area contributed by atoms with Gasteiger partial charge in [-0.05, 0) is 56.0 Å². The van der Waals surface area contributed by atoms with Crippen LogP contribution in [0.25, 0.3) is 28.1 Å². The van der Waals surface area contributed by atoms with Crippen LogP contribution in [0.15, 0.2) is 42.6 Å². The van der Waals surface area contributed by atoms with Crippen LogP contribution in [-0.2, 0) is 13.5 Å². The van der Waals surface area contributed by atoms with Gasteiger partial charge in [-0.2, -0.15) is 0 Å². The Morgan fingerprint density at radius 1 is 1.08 bits per heavy atom. The first kappa shape index (κ1) is 17.5. The van der Waals surface area contributed by atoms with Crippen LogP contribution in [0, 0.1) is 6.92 Å². The molecule has 2 heteroatoms. The van der Waals surface area contributed by atoms with Crippen LogP contribution in [0.2, 0.25) is 0 Å². The second kappa shape index (κ2) is 7.69. The predicted molar refractivity (Wildman–Crippen MR) is 109 cm³/mol. The van der Waals surface area contributed by atoms with E-state index < -0.39 is 0 Å². The maximum absolute atomic E-state index is 4.44. The lowest BCUT2D eigenvalue weighted by Gasteiger charge is -2.04. The Morgan fingerprint density at radius 3 is 2.56 bits per heavy atom. The van der Waals surface area contributed by atoms with E-state index in [9.17, 15) is 0 Å². The van der Waals surface area contributed by atoms with Crippen molar-refractivity contribution in [3.63, 3.8) is 0 Å². The number of allylic oxidation sites excluding steroid dienone is 1. The first-order chi connectivity index (χ1) is 12.2. The average Bonchev–Trinajstić information content (AvgIpc) is 2.88. The summed E-state index contributed by atoms with van der Waals surface area (Å²) in [6.45, 7) is 6.38. The summed E-state index contributed by atoms with van der Waals surface area (Å²) in [5.41, 5.74) is 7.59. The second-order valence-electron chi connectivity index (χ2n) is 6.80. The van der Waals surface area contributed by atoms with Crippen LogP contribution in [0.5, 0.6) is 0 Å². The summed E-state index contributed by atoms with van der Waals surface area (Å²) in [5.74, 6) is 0. The summed E-state index contributed by atoms with van der Waals surface area (Å²) < 4.78 is 2.34. The van der Waals surface area contributed by atoms with Crippen molar-refractivity contribution in [3.8, 4) is 11.1 Å². The highest BCUT2D eigenvalue weighted by Crippen LogP contribution is 2.31. The molecule has 0 saturated heterocycles. The fourth-order valence-corrected chi connectivity index (χ4v) is 3.54. The van der Waals surface area contributed by atoms with Gasteiger partial charge in [-0.3, -0.25) is 4.98 Å². The van der Waals surface area contributed by atoms with E-state index in [4.69, 9.17) is 0 Å². The van der Waals surface area contributed by atoms with Crippen molar-refractivity contribution < 1.29 is 0 Å². The monoisotopic (exact) mass is 332 g/mol. The summed E-state index contributed by atoms with van der Waals surface area (Å²) in [5, 5.41) is 1.38. The molecule has 2 heterocycles. The Bertz CT molecular complexity index is 883. The average molecular weight is 332 g/mol. The topological polar surface area (TPSA) is 17.8 Å². The molecule has 0 aliphatic rings. The molecule has 0 saturated carbocycles. The summed E-state index contributed by atoms with van der Waals surface area (Å²) >= 11 is 0. The van der Waals surface area contributed by atoms with Crippen molar-refractivity contribution in [1.29, 1.82) is 0 Å². The minimum atomic E-state index is 1.05. The first-order valence-electron chi connectivity index (χ1n) is 9.32. The SMILES string of the molecule is C/C=C\c1c(CCCCC)c2ccc(-c3ccc(C)nc3)cc2n1C. The molecule has 0 fully saturated rings. The van der Waals surface area contributed by atoms with Crippen LogP contribution in [0.4, 0.5) is 0 Å². The molecular weight excluding hydrogens is 304 g/mol. The van der Waals surface area contributed by atoms with Crippen molar-refractivity contribution in [1.82, 2.24) is 9.55 Å². The van der Waals surface area contributed by atoms with E-state index in [-0.39, 0.29) is 0 Å². The van der Waals surface area contributed by atoms with Crippen LogP contribution in [0.3, 0.4) is 0 Å². The van der Waals surface area contributed by atoms with Gasteiger partial charge in [0.15, 0.2) is 0 Å². The third-order valence-electron chi connectivity index (χ3n) is 4.95. The molecule has 0 bridgehead atoms. The first-order valence-corrected chi connectivity index (χ1v) is 9.32. The quantitative estimate of drug-likeness (QED) is 0.483. The van der Waals surface area contributed by atoms with Gasteiger partial charge in [0, 0.05) is 41.1 Å². The molecule has 0 aliphatic carbocycles. The van der Waals surface area contributed by atoms with Gasteiger partial charge in [-0.1, -0.05) is 44.0 Å². The summed E-state index contributed by atoms with van der Waals surface area (Å²) in [6.07, 6.45) is 11.3. The molecule has 0 N–H and O–H groups in total. The van der Waals surface area contributed by atoms with E-state index in [0.29, 0.717) is 0 Å². The lowest BCUT2D eigenvalue weighted by molar-refractivity contribution is 0.717. The Morgan fingerprint density at radius 2 is 1.88 bits per heavy atom. The van der Waals surface area contributed by atoms with E-state index in [1.165, 1.54) is 52.5 Å². The molecule has 0 radical (unpaired) electrons. The number of rotatable bonds is 6. The number of aryl methyl sites for hydroxylation is 3. The largest absolute Gasteiger partial charge is 0.344 e. The van der Waals surface area contributed by atoms with E-state index in [0.717, 1.165) is 12.1 Å². The summed E-state index contributed by atoms with van der Waals surface area (Å²) in [6, 6.07) is 11.1. The van der Waals surface area contributed by atoms with Crippen molar-refractivity contribution in [2.24, 2.45) is 7.05 Å². The van der Waals surface area contributed by atoms with E-state index in [2.05, 4.69) is 72.9 Å². The number of aromatic nitrogens is 2. The number of benzene rings is 1. The molecule has 3 rings (SSSR count). The number of unbranched alkanes of at least 4 members (excludes halogenated alkanes) is 2. The molecular formula is C23H28N2. The van der Waals surface area contributed by atoms with Gasteiger partial charge in [0.05, 0.1) is 0 Å². The molecule has 0 atom stereocenters. The molecule has 0 spiro atoms. The van der Waals surface area contributed by atoms with Crippen LogP contribution >= 0.6 is 0 Å². The highest BCUT2D eigenvalue weighted by Gasteiger charge is 2.14. The van der Waals surface area contributed by atoms with E-state index in [1.807, 2.05) is 13.1 Å². The van der Waals surface area contributed by atoms with E-state index >= 15 is 0 Å². The molecule has 0 unspecified atom stereocenters. The van der Waals surface area contributed by atoms with Gasteiger partial charge in [-0.15, -0.1) is 0 Å². The van der Waals surface area contributed by atoms with Crippen LogP contribution in [0.1, 0.15) is 50.1 Å². The molecule has 0 aliphatic heterocycles. The maximum atomic E-state index is 4.44. The van der Waals surface area contributed by atoms with Gasteiger partial charge in [0.1, 0.15) is 0 Å². The smallest absolute Gasteiger partial charge is 0.0491 e. The number of pyridine rings is 1. The minimum absolute atomic E-state index is 1.05. The maximum Gasteiger partial charge on any atom is 0.0491 e. The lowest BCUT2D eigenvalue weighted by Crippen LogP contribution is -1.93. The third-order valence-corrected chi connectivity index (χ3v) is 4.95. The van der Waals surface area contributed by atoms with Crippen LogP contribution < -0.4 is 0 Å². The van der Waals surface area contributed by atoms with Gasteiger partial charge < -0.3 is 4.57 Å². The van der Waals surface area contributed by atoms with Gasteiger partial charge in [-0.25, -0.2) is 0 Å². The molecule has 0 amide bonds. The molecule has 130 valence electrons. The van der Waals surface area contributed by atoms with Crippen molar-refractivity contribution in [2.75, 3.05) is 0 Å². The minimum Gasteiger partial charge on any atom is -0.344 e. The summed E-state index contributed by atoms with van der Waals surface area (Å²) in [7, 11) is 2.18. The van der Waals surface area contributed by atoms with Gasteiger partial charge in [0.25, 0.3) is 0 Å². The van der Waals surface area contributed by atoms with Gasteiger partial charge >= 0.3 is 0 Å². The zero-order chi connectivity index (χ0) is 17.8. The van der Waals surface area contributed by atoms with E-state index in [1.54, 1.807) is 0 Å². The molecule has 2 nitrogen and oxygen atoms in total. The highest BCUT2D eigenvalue weighted by atomic mass is 14.9. The van der Waals surface area contributed by atoms with Crippen molar-refractivity contribution >= 4 is 17.0 Å². The zero-order valence-corrected chi connectivity index (χ0v) is 15.8. The van der Waals surface area contributed by atoms with Crippen molar-refractivity contribution in [3.05, 3.63) is 59.6 Å². The predicted octanol–water partition coefficient (Wildman–Crippen LogP) is 6.31. The highest BCUT2D eigenvalue weighted by molar-refractivity contribution is 5.91. The van der Waals surface area contributed by atoms with Crippen molar-refractivity contribution in [2.45, 2.75) is 46.5 Å². The normalized spacial score (nSPS) is 11.7.